The second-order valence-electron chi connectivity index (χ2n) is 4.63. The molecule has 20 heavy (non-hydrogen) atoms. The lowest BCUT2D eigenvalue weighted by Gasteiger charge is -2.26. The molecule has 0 aliphatic carbocycles. The summed E-state index contributed by atoms with van der Waals surface area (Å²) in [6.45, 7) is 3.60. The molecule has 1 aromatic rings. The number of nitrogens with zero attached hydrogens (tertiary/aromatic N) is 1. The van der Waals surface area contributed by atoms with E-state index in [2.05, 4.69) is 10.6 Å². The van der Waals surface area contributed by atoms with Crippen molar-refractivity contribution in [2.75, 3.05) is 38.0 Å². The third-order valence-corrected chi connectivity index (χ3v) is 3.09. The molecule has 1 aliphatic heterocycles. The first kappa shape index (κ1) is 14.4. The molecular weight excluding hydrogens is 263 g/mol. The predicted octanol–water partition coefficient (Wildman–Crippen LogP) is -0.232. The van der Waals surface area contributed by atoms with Crippen molar-refractivity contribution in [3.63, 3.8) is 0 Å². The van der Waals surface area contributed by atoms with Crippen molar-refractivity contribution < 1.29 is 14.0 Å². The Labute approximate surface area is 116 Å². The van der Waals surface area contributed by atoms with Crippen LogP contribution < -0.4 is 16.4 Å². The van der Waals surface area contributed by atoms with E-state index in [4.69, 9.17) is 5.73 Å². The van der Waals surface area contributed by atoms with Crippen LogP contribution in [0.25, 0.3) is 0 Å². The van der Waals surface area contributed by atoms with Gasteiger partial charge >= 0.3 is 0 Å². The van der Waals surface area contributed by atoms with Crippen LogP contribution in [0.2, 0.25) is 0 Å². The molecule has 6 nitrogen and oxygen atoms in total. The van der Waals surface area contributed by atoms with Gasteiger partial charge in [0, 0.05) is 31.9 Å². The number of anilines is 1. The van der Waals surface area contributed by atoms with Crippen LogP contribution >= 0.6 is 0 Å². The van der Waals surface area contributed by atoms with Gasteiger partial charge in [-0.15, -0.1) is 0 Å². The third kappa shape index (κ3) is 3.75. The Morgan fingerprint density at radius 1 is 1.35 bits per heavy atom. The van der Waals surface area contributed by atoms with Crippen LogP contribution in [-0.2, 0) is 4.79 Å². The molecule has 0 radical (unpaired) electrons. The summed E-state index contributed by atoms with van der Waals surface area (Å²) in [6.07, 6.45) is 0. The number of hydrogen-bond donors (Lipinski definition) is 3. The summed E-state index contributed by atoms with van der Waals surface area (Å²) < 4.78 is 13.3. The average molecular weight is 280 g/mol. The molecule has 1 heterocycles. The summed E-state index contributed by atoms with van der Waals surface area (Å²) in [5.74, 6) is -1.76. The number of piperazine rings is 1. The van der Waals surface area contributed by atoms with Crippen molar-refractivity contribution in [1.29, 1.82) is 0 Å². The fourth-order valence-corrected chi connectivity index (χ4v) is 2.06. The van der Waals surface area contributed by atoms with Crippen LogP contribution in [0.15, 0.2) is 18.2 Å². The van der Waals surface area contributed by atoms with E-state index in [1.54, 1.807) is 0 Å². The van der Waals surface area contributed by atoms with Crippen LogP contribution in [0.3, 0.4) is 0 Å². The molecule has 1 fully saturated rings. The zero-order valence-corrected chi connectivity index (χ0v) is 11.0. The molecule has 0 aromatic heterocycles. The number of amides is 2. The Bertz CT molecular complexity index is 515. The lowest BCUT2D eigenvalue weighted by Crippen LogP contribution is -2.46. The maximum Gasteiger partial charge on any atom is 0.251 e. The van der Waals surface area contributed by atoms with E-state index in [1.807, 2.05) is 4.90 Å². The van der Waals surface area contributed by atoms with Gasteiger partial charge in [0.1, 0.15) is 5.82 Å². The van der Waals surface area contributed by atoms with Gasteiger partial charge in [0.15, 0.2) is 0 Å². The average Bonchev–Trinajstić information content (AvgIpc) is 2.41. The highest BCUT2D eigenvalue weighted by Gasteiger charge is 2.15. The van der Waals surface area contributed by atoms with Crippen LogP contribution in [0.5, 0.6) is 0 Å². The van der Waals surface area contributed by atoms with Crippen molar-refractivity contribution >= 4 is 17.5 Å². The van der Waals surface area contributed by atoms with Crippen LogP contribution in [0, 0.1) is 5.82 Å². The Hall–Kier alpha value is -1.99. The van der Waals surface area contributed by atoms with Gasteiger partial charge in [-0.25, -0.2) is 4.39 Å². The molecular formula is C13H17FN4O2. The summed E-state index contributed by atoms with van der Waals surface area (Å²) in [7, 11) is 0. The molecule has 0 atom stereocenters. The normalized spacial score (nSPS) is 15.8. The van der Waals surface area contributed by atoms with Crippen LogP contribution in [-0.4, -0.2) is 49.4 Å². The van der Waals surface area contributed by atoms with Crippen molar-refractivity contribution in [2.24, 2.45) is 5.73 Å². The van der Waals surface area contributed by atoms with E-state index in [0.29, 0.717) is 5.69 Å². The molecule has 0 unspecified atom stereocenters. The molecule has 0 spiro atoms. The molecule has 1 aromatic carbocycles. The smallest absolute Gasteiger partial charge is 0.251 e. The van der Waals surface area contributed by atoms with Gasteiger partial charge in [-0.2, -0.15) is 0 Å². The molecule has 7 heteroatoms. The molecule has 1 saturated heterocycles. The van der Waals surface area contributed by atoms with Gasteiger partial charge in [-0.05, 0) is 18.2 Å². The number of carbonyl (C=O) groups excluding carboxylic acids is 2. The largest absolute Gasteiger partial charge is 0.366 e. The number of hydrogen-bond acceptors (Lipinski definition) is 4. The first-order valence-corrected chi connectivity index (χ1v) is 6.38. The lowest BCUT2D eigenvalue weighted by atomic mass is 10.2. The minimum atomic E-state index is -0.860. The van der Waals surface area contributed by atoms with Crippen molar-refractivity contribution in [3.8, 4) is 0 Å². The number of carbonyl (C=O) groups is 2. The first-order valence-electron chi connectivity index (χ1n) is 6.38. The molecule has 0 saturated carbocycles. The highest BCUT2D eigenvalue weighted by Crippen LogP contribution is 2.14. The van der Waals surface area contributed by atoms with Gasteiger partial charge in [-0.1, -0.05) is 0 Å². The second-order valence-corrected chi connectivity index (χ2v) is 4.63. The maximum absolute atomic E-state index is 13.3. The summed E-state index contributed by atoms with van der Waals surface area (Å²) in [6, 6.07) is 3.76. The monoisotopic (exact) mass is 280 g/mol. The Kier molecular flexibility index (Phi) is 4.65. The zero-order chi connectivity index (χ0) is 14.5. The van der Waals surface area contributed by atoms with Gasteiger partial charge in [0.05, 0.1) is 12.1 Å². The summed E-state index contributed by atoms with van der Waals surface area (Å²) >= 11 is 0. The number of halogens is 1. The van der Waals surface area contributed by atoms with E-state index >= 15 is 0 Å². The SMILES string of the molecule is NC(=O)c1cc(NC(=O)CN2CCNCC2)ccc1F. The number of nitrogens with two attached hydrogens (primary N) is 1. The van der Waals surface area contributed by atoms with Crippen molar-refractivity contribution in [3.05, 3.63) is 29.6 Å². The first-order chi connectivity index (χ1) is 9.56. The Morgan fingerprint density at radius 2 is 2.05 bits per heavy atom. The highest BCUT2D eigenvalue weighted by atomic mass is 19.1. The fraction of sp³-hybridized carbons (Fsp3) is 0.385. The molecule has 4 N–H and O–H groups in total. The highest BCUT2D eigenvalue weighted by molar-refractivity contribution is 5.97. The van der Waals surface area contributed by atoms with Gasteiger partial charge < -0.3 is 16.4 Å². The molecule has 2 amide bonds. The Balaban J connectivity index is 1.96. The number of rotatable bonds is 4. The lowest BCUT2D eigenvalue weighted by molar-refractivity contribution is -0.117. The van der Waals surface area contributed by atoms with E-state index in [9.17, 15) is 14.0 Å². The zero-order valence-electron chi connectivity index (χ0n) is 11.0. The molecule has 0 bridgehead atoms. The Morgan fingerprint density at radius 3 is 2.70 bits per heavy atom. The van der Waals surface area contributed by atoms with Gasteiger partial charge in [0.2, 0.25) is 5.91 Å². The van der Waals surface area contributed by atoms with Crippen molar-refractivity contribution in [2.45, 2.75) is 0 Å². The topological polar surface area (TPSA) is 87.5 Å². The molecule has 2 rings (SSSR count). The fourth-order valence-electron chi connectivity index (χ4n) is 2.06. The molecule has 108 valence electrons. The van der Waals surface area contributed by atoms with Gasteiger partial charge in [0.25, 0.3) is 5.91 Å². The summed E-state index contributed by atoms with van der Waals surface area (Å²) in [5.41, 5.74) is 5.19. The number of primary amides is 1. The number of benzene rings is 1. The summed E-state index contributed by atoms with van der Waals surface area (Å²) in [4.78, 5) is 24.9. The van der Waals surface area contributed by atoms with Crippen LogP contribution in [0.4, 0.5) is 10.1 Å². The van der Waals surface area contributed by atoms with E-state index in [1.165, 1.54) is 12.1 Å². The van der Waals surface area contributed by atoms with Gasteiger partial charge in [-0.3, -0.25) is 14.5 Å². The minimum Gasteiger partial charge on any atom is -0.366 e. The summed E-state index contributed by atoms with van der Waals surface area (Å²) in [5, 5.41) is 5.83. The quantitative estimate of drug-likeness (QED) is 0.711. The molecule has 1 aliphatic rings. The van der Waals surface area contributed by atoms with E-state index in [0.717, 1.165) is 32.2 Å². The third-order valence-electron chi connectivity index (χ3n) is 3.09. The van der Waals surface area contributed by atoms with E-state index < -0.39 is 11.7 Å². The van der Waals surface area contributed by atoms with Crippen LogP contribution in [0.1, 0.15) is 10.4 Å². The second kappa shape index (κ2) is 6.44. The van der Waals surface area contributed by atoms with Crippen molar-refractivity contribution in [1.82, 2.24) is 10.2 Å². The predicted molar refractivity (Wildman–Crippen MR) is 72.9 cm³/mol. The maximum atomic E-state index is 13.3. The number of nitrogens with one attached hydrogen (secondary N) is 2. The standard InChI is InChI=1S/C13H17FN4O2/c14-11-2-1-9(7-10(11)13(15)20)17-12(19)8-18-5-3-16-4-6-18/h1-2,7,16H,3-6,8H2,(H2,15,20)(H,17,19). The van der Waals surface area contributed by atoms with E-state index in [-0.39, 0.29) is 18.0 Å². The minimum absolute atomic E-state index is 0.200.